The lowest BCUT2D eigenvalue weighted by Gasteiger charge is -2.25. The van der Waals surface area contributed by atoms with Crippen LogP contribution in [0.5, 0.6) is 0 Å². The minimum atomic E-state index is -4.36. The van der Waals surface area contributed by atoms with Crippen molar-refractivity contribution in [2.75, 3.05) is 40.9 Å². The normalized spacial score (nSPS) is 14.1. The fourth-order valence-corrected chi connectivity index (χ4v) is 10.3. The summed E-state index contributed by atoms with van der Waals surface area (Å²) in [6.07, 6.45) is 79.2. The van der Waals surface area contributed by atoms with Gasteiger partial charge in [0, 0.05) is 6.42 Å². The summed E-state index contributed by atoms with van der Waals surface area (Å²) in [4.78, 5) is 23.4. The van der Waals surface area contributed by atoms with Crippen molar-refractivity contribution in [2.24, 2.45) is 0 Å². The van der Waals surface area contributed by atoms with E-state index in [1.807, 2.05) is 27.2 Å². The summed E-state index contributed by atoms with van der Waals surface area (Å²) >= 11 is 0. The first-order valence-electron chi connectivity index (χ1n) is 32.7. The van der Waals surface area contributed by atoms with Crippen molar-refractivity contribution in [1.29, 1.82) is 0 Å². The summed E-state index contributed by atoms with van der Waals surface area (Å²) in [6, 6.07) is -0.870. The highest BCUT2D eigenvalue weighted by molar-refractivity contribution is 7.47. The van der Waals surface area contributed by atoms with E-state index >= 15 is 0 Å². The second-order valence-corrected chi connectivity index (χ2v) is 24.9. The Labute approximate surface area is 472 Å². The summed E-state index contributed by atoms with van der Waals surface area (Å²) in [5.74, 6) is -0.189. The van der Waals surface area contributed by atoms with Gasteiger partial charge in [-0.3, -0.25) is 13.8 Å². The van der Waals surface area contributed by atoms with E-state index in [-0.39, 0.29) is 19.1 Å². The van der Waals surface area contributed by atoms with E-state index in [0.29, 0.717) is 17.4 Å². The first-order chi connectivity index (χ1) is 37.0. The molecule has 1 amide bonds. The number of nitrogens with one attached hydrogen (secondary N) is 1. The zero-order chi connectivity index (χ0) is 55.6. The van der Waals surface area contributed by atoms with Crippen molar-refractivity contribution in [3.8, 4) is 0 Å². The van der Waals surface area contributed by atoms with Gasteiger partial charge in [0.25, 0.3) is 0 Å². The molecule has 3 unspecified atom stereocenters. The molecule has 8 nitrogen and oxygen atoms in total. The predicted octanol–water partition coefficient (Wildman–Crippen LogP) is 20.4. The number of amides is 1. The molecule has 9 heteroatoms. The smallest absolute Gasteiger partial charge is 0.387 e. The van der Waals surface area contributed by atoms with Crippen LogP contribution in [0.4, 0.5) is 0 Å². The van der Waals surface area contributed by atoms with E-state index in [4.69, 9.17) is 9.05 Å². The Balaban J connectivity index is 4.18. The molecule has 0 saturated carbocycles. The van der Waals surface area contributed by atoms with E-state index in [1.165, 1.54) is 238 Å². The molecule has 0 bridgehead atoms. The molecule has 0 heterocycles. The van der Waals surface area contributed by atoms with Gasteiger partial charge in [-0.05, 0) is 70.6 Å². The molecule has 0 aliphatic rings. The van der Waals surface area contributed by atoms with Crippen molar-refractivity contribution in [3.63, 3.8) is 0 Å². The molecular formula is C67H128N2O6P+. The quantitative estimate of drug-likeness (QED) is 0.0243. The van der Waals surface area contributed by atoms with Gasteiger partial charge in [-0.2, -0.15) is 0 Å². The lowest BCUT2D eigenvalue weighted by Crippen LogP contribution is -2.45. The zero-order valence-electron chi connectivity index (χ0n) is 51.0. The molecule has 0 rings (SSSR count). The number of phosphoric acid groups is 1. The number of allylic oxidation sites excluding steroid dienone is 9. The van der Waals surface area contributed by atoms with E-state index in [0.717, 1.165) is 51.4 Å². The molecule has 0 aromatic carbocycles. The molecule has 0 aromatic rings. The molecule has 446 valence electrons. The van der Waals surface area contributed by atoms with Crippen LogP contribution in [0.3, 0.4) is 0 Å². The van der Waals surface area contributed by atoms with Crippen LogP contribution in [-0.2, 0) is 18.4 Å². The summed E-state index contributed by atoms with van der Waals surface area (Å²) in [5, 5.41) is 14.0. The third kappa shape index (κ3) is 59.9. The number of phosphoric ester groups is 1. The number of aliphatic hydroxyl groups is 1. The number of carbonyl (C=O) groups excluding carboxylic acids is 1. The minimum absolute atomic E-state index is 0.0539. The standard InChI is InChI=1S/C67H127N2O6P/c1-6-8-10-12-14-16-18-20-22-24-26-28-30-32-33-34-35-37-38-40-42-44-46-48-50-52-54-56-58-60-66(70)65(64-75-76(72,73)74-63-62-69(3,4)5)68-67(71)61-59-57-55-53-51-49-47-45-43-41-39-36-31-29-27-25-23-21-19-17-15-13-11-9-7-2/h19,21,25,27,31,36,50,52,58,60,65-66,70H,6-18,20,22-24,26,28-30,32-35,37-49,51,53-57,59,61-64H2,1-5H3,(H-,68,71,72,73)/p+1/b21-19-,27-25-,36-31-,52-50+,60-58+. The van der Waals surface area contributed by atoms with Crippen LogP contribution in [0.2, 0.25) is 0 Å². The molecule has 0 aliphatic carbocycles. The lowest BCUT2D eigenvalue weighted by molar-refractivity contribution is -0.870. The molecule has 3 atom stereocenters. The summed E-state index contributed by atoms with van der Waals surface area (Å²) < 4.78 is 23.8. The van der Waals surface area contributed by atoms with Gasteiger partial charge >= 0.3 is 7.82 Å². The number of likely N-dealkylation sites (N-methyl/N-ethyl adjacent to an activating group) is 1. The van der Waals surface area contributed by atoms with Gasteiger partial charge in [0.05, 0.1) is 39.9 Å². The van der Waals surface area contributed by atoms with Crippen LogP contribution >= 0.6 is 7.82 Å². The van der Waals surface area contributed by atoms with Crippen LogP contribution in [0, 0.1) is 0 Å². The third-order valence-corrected chi connectivity index (χ3v) is 15.7. The van der Waals surface area contributed by atoms with Gasteiger partial charge in [-0.25, -0.2) is 4.57 Å². The molecule has 76 heavy (non-hydrogen) atoms. The second kappa shape index (κ2) is 57.9. The lowest BCUT2D eigenvalue weighted by atomic mass is 10.0. The molecule has 3 N–H and O–H groups in total. The highest BCUT2D eigenvalue weighted by atomic mass is 31.2. The summed E-state index contributed by atoms with van der Waals surface area (Å²) in [5.41, 5.74) is 0. The van der Waals surface area contributed by atoms with Crippen molar-refractivity contribution in [2.45, 2.75) is 321 Å². The first kappa shape index (κ1) is 74.2. The highest BCUT2D eigenvalue weighted by Crippen LogP contribution is 2.43. The van der Waals surface area contributed by atoms with Gasteiger partial charge in [0.2, 0.25) is 5.91 Å². The fourth-order valence-electron chi connectivity index (χ4n) is 9.60. The second-order valence-electron chi connectivity index (χ2n) is 23.5. The van der Waals surface area contributed by atoms with Gasteiger partial charge < -0.3 is 19.8 Å². The Morgan fingerprint density at radius 1 is 0.447 bits per heavy atom. The maximum absolute atomic E-state index is 13.0. The number of rotatable bonds is 60. The zero-order valence-corrected chi connectivity index (χ0v) is 51.9. The number of aliphatic hydroxyl groups excluding tert-OH is 1. The summed E-state index contributed by atoms with van der Waals surface area (Å²) in [6.45, 7) is 4.82. The molecular weight excluding hydrogens is 960 g/mol. The maximum Gasteiger partial charge on any atom is 0.472 e. The molecule has 0 aliphatic heterocycles. The Morgan fingerprint density at radius 2 is 0.763 bits per heavy atom. The van der Waals surface area contributed by atoms with E-state index < -0.39 is 20.0 Å². The molecule has 0 saturated heterocycles. The first-order valence-corrected chi connectivity index (χ1v) is 34.2. The number of unbranched alkanes of at least 4 members (excludes halogenated alkanes) is 39. The topological polar surface area (TPSA) is 105 Å². The van der Waals surface area contributed by atoms with E-state index in [9.17, 15) is 19.4 Å². The van der Waals surface area contributed by atoms with Crippen molar-refractivity contribution in [1.82, 2.24) is 5.32 Å². The monoisotopic (exact) mass is 1090 g/mol. The Hall–Kier alpha value is -1.80. The van der Waals surface area contributed by atoms with Crippen LogP contribution in [0.25, 0.3) is 0 Å². The van der Waals surface area contributed by atoms with Crippen molar-refractivity contribution < 1.29 is 32.9 Å². The number of nitrogens with zero attached hydrogens (tertiary/aromatic N) is 1. The number of quaternary nitrogens is 1. The Bertz CT molecular complexity index is 1420. The van der Waals surface area contributed by atoms with Crippen molar-refractivity contribution in [3.05, 3.63) is 60.8 Å². The van der Waals surface area contributed by atoms with Crippen LogP contribution in [0.1, 0.15) is 309 Å². The van der Waals surface area contributed by atoms with Crippen LogP contribution in [-0.4, -0.2) is 73.4 Å². The maximum atomic E-state index is 13.0. The molecule has 0 spiro atoms. The van der Waals surface area contributed by atoms with E-state index in [2.05, 4.69) is 67.8 Å². The third-order valence-electron chi connectivity index (χ3n) is 14.7. The highest BCUT2D eigenvalue weighted by Gasteiger charge is 2.27. The fraction of sp³-hybridized carbons (Fsp3) is 0.836. The molecule has 0 fully saturated rings. The van der Waals surface area contributed by atoms with E-state index in [1.54, 1.807) is 6.08 Å². The number of hydrogen-bond acceptors (Lipinski definition) is 5. The van der Waals surface area contributed by atoms with Gasteiger partial charge in [-0.1, -0.05) is 293 Å². The molecule has 0 aromatic heterocycles. The minimum Gasteiger partial charge on any atom is -0.387 e. The SMILES string of the molecule is CCCCCCC/C=C\C/C=C\C/C=C\CCCCCCCCCCCCC(=O)NC(COP(=O)(O)OCC[N+](C)(C)C)C(O)/C=C/CC/C=C/CCCCCCCCCCCCCCCCCCCCCCCCC. The Morgan fingerprint density at radius 3 is 1.14 bits per heavy atom. The number of carbonyl (C=O) groups is 1. The number of hydrogen-bond donors (Lipinski definition) is 3. The van der Waals surface area contributed by atoms with Gasteiger partial charge in [0.1, 0.15) is 13.2 Å². The average Bonchev–Trinajstić information content (AvgIpc) is 3.38. The van der Waals surface area contributed by atoms with Crippen molar-refractivity contribution >= 4 is 13.7 Å². The predicted molar refractivity (Wildman–Crippen MR) is 332 cm³/mol. The van der Waals surface area contributed by atoms with Gasteiger partial charge in [0.15, 0.2) is 0 Å². The Kier molecular flexibility index (Phi) is 56.5. The largest absolute Gasteiger partial charge is 0.472 e. The van der Waals surface area contributed by atoms with Crippen LogP contribution < -0.4 is 5.32 Å². The molecule has 0 radical (unpaired) electrons. The average molecular weight is 1090 g/mol. The van der Waals surface area contributed by atoms with Gasteiger partial charge in [-0.15, -0.1) is 0 Å². The summed E-state index contributed by atoms with van der Waals surface area (Å²) in [7, 11) is 1.56. The van der Waals surface area contributed by atoms with Crippen LogP contribution in [0.15, 0.2) is 60.8 Å².